The van der Waals surface area contributed by atoms with Crippen LogP contribution in [0.1, 0.15) is 18.1 Å². The standard InChI is InChI=1S/C16H14F2N4/c1-16(21-22-11-19-10-20-22,12-2-6-14(17)7-3-12)13-4-8-15(18)9-5-13/h2-11,21H,1H3. The third kappa shape index (κ3) is 2.67. The lowest BCUT2D eigenvalue weighted by Gasteiger charge is -2.32. The Hall–Kier alpha value is -2.76. The first-order valence-electron chi connectivity index (χ1n) is 6.73. The van der Waals surface area contributed by atoms with Crippen molar-refractivity contribution in [2.75, 3.05) is 5.43 Å². The summed E-state index contributed by atoms with van der Waals surface area (Å²) >= 11 is 0. The fourth-order valence-corrected chi connectivity index (χ4v) is 2.36. The molecule has 0 spiro atoms. The molecule has 0 aliphatic heterocycles. The lowest BCUT2D eigenvalue weighted by atomic mass is 9.85. The molecule has 0 amide bonds. The molecule has 0 unspecified atom stereocenters. The SMILES string of the molecule is CC(Nn1cncn1)(c1ccc(F)cc1)c1ccc(F)cc1. The van der Waals surface area contributed by atoms with Gasteiger partial charge >= 0.3 is 0 Å². The molecule has 0 aliphatic carbocycles. The van der Waals surface area contributed by atoms with Gasteiger partial charge in [0.05, 0.1) is 0 Å². The van der Waals surface area contributed by atoms with Crippen molar-refractivity contribution >= 4 is 0 Å². The quantitative estimate of drug-likeness (QED) is 0.805. The molecule has 6 heteroatoms. The number of benzene rings is 2. The molecule has 2 aromatic carbocycles. The fraction of sp³-hybridized carbons (Fsp3) is 0.125. The predicted molar refractivity (Wildman–Crippen MR) is 78.6 cm³/mol. The Bertz CT molecular complexity index is 691. The smallest absolute Gasteiger partial charge is 0.139 e. The summed E-state index contributed by atoms with van der Waals surface area (Å²) in [6, 6.07) is 12.3. The average Bonchev–Trinajstić information content (AvgIpc) is 3.01. The van der Waals surface area contributed by atoms with E-state index in [1.165, 1.54) is 41.7 Å². The third-order valence-corrected chi connectivity index (χ3v) is 3.60. The molecular weight excluding hydrogens is 286 g/mol. The molecule has 0 aliphatic rings. The van der Waals surface area contributed by atoms with Gasteiger partial charge in [-0.2, -0.15) is 4.79 Å². The van der Waals surface area contributed by atoms with E-state index in [1.54, 1.807) is 24.3 Å². The molecule has 0 radical (unpaired) electrons. The van der Waals surface area contributed by atoms with E-state index in [4.69, 9.17) is 0 Å². The average molecular weight is 300 g/mol. The molecule has 1 heterocycles. The summed E-state index contributed by atoms with van der Waals surface area (Å²) in [6.07, 6.45) is 2.92. The molecule has 4 nitrogen and oxygen atoms in total. The van der Waals surface area contributed by atoms with Gasteiger partial charge in [0.2, 0.25) is 0 Å². The number of rotatable bonds is 4. The molecule has 112 valence electrons. The summed E-state index contributed by atoms with van der Waals surface area (Å²) in [6.45, 7) is 1.91. The van der Waals surface area contributed by atoms with Crippen LogP contribution in [0.15, 0.2) is 61.2 Å². The van der Waals surface area contributed by atoms with Crippen LogP contribution in [0.5, 0.6) is 0 Å². The van der Waals surface area contributed by atoms with Crippen LogP contribution in [-0.4, -0.2) is 14.9 Å². The lowest BCUT2D eigenvalue weighted by molar-refractivity contribution is 0.535. The van der Waals surface area contributed by atoms with Crippen molar-refractivity contribution in [2.45, 2.75) is 12.5 Å². The Kier molecular flexibility index (Phi) is 3.58. The Morgan fingerprint density at radius 1 is 0.909 bits per heavy atom. The zero-order valence-corrected chi connectivity index (χ0v) is 11.9. The first-order chi connectivity index (χ1) is 10.6. The maximum atomic E-state index is 13.2. The highest BCUT2D eigenvalue weighted by atomic mass is 19.1. The van der Waals surface area contributed by atoms with Crippen LogP contribution < -0.4 is 5.43 Å². The van der Waals surface area contributed by atoms with E-state index in [-0.39, 0.29) is 11.6 Å². The van der Waals surface area contributed by atoms with Crippen molar-refractivity contribution < 1.29 is 8.78 Å². The highest BCUT2D eigenvalue weighted by Gasteiger charge is 2.29. The zero-order valence-electron chi connectivity index (χ0n) is 11.9. The highest BCUT2D eigenvalue weighted by Crippen LogP contribution is 2.30. The van der Waals surface area contributed by atoms with E-state index >= 15 is 0 Å². The Morgan fingerprint density at radius 3 is 1.82 bits per heavy atom. The summed E-state index contributed by atoms with van der Waals surface area (Å²) in [5.41, 5.74) is 4.11. The third-order valence-electron chi connectivity index (χ3n) is 3.60. The molecule has 0 saturated carbocycles. The van der Waals surface area contributed by atoms with Gasteiger partial charge in [-0.3, -0.25) is 5.43 Å². The largest absolute Gasteiger partial charge is 0.294 e. The van der Waals surface area contributed by atoms with Crippen LogP contribution >= 0.6 is 0 Å². The summed E-state index contributed by atoms with van der Waals surface area (Å²) in [4.78, 5) is 5.36. The molecule has 1 N–H and O–H groups in total. The van der Waals surface area contributed by atoms with Crippen molar-refractivity contribution in [3.8, 4) is 0 Å². The first kappa shape index (κ1) is 14.2. The van der Waals surface area contributed by atoms with E-state index in [0.29, 0.717) is 0 Å². The van der Waals surface area contributed by atoms with Crippen LogP contribution in [0.25, 0.3) is 0 Å². The van der Waals surface area contributed by atoms with E-state index in [1.807, 2.05) is 6.92 Å². The maximum absolute atomic E-state index is 13.2. The molecule has 0 bridgehead atoms. The summed E-state index contributed by atoms with van der Waals surface area (Å²) in [5.74, 6) is -0.628. The molecule has 3 rings (SSSR count). The topological polar surface area (TPSA) is 42.7 Å². The van der Waals surface area contributed by atoms with E-state index < -0.39 is 5.54 Å². The number of hydrogen-bond acceptors (Lipinski definition) is 3. The van der Waals surface area contributed by atoms with Crippen LogP contribution in [0.3, 0.4) is 0 Å². The van der Waals surface area contributed by atoms with Gasteiger partial charge in [-0.1, -0.05) is 24.3 Å². The number of hydrogen-bond donors (Lipinski definition) is 1. The van der Waals surface area contributed by atoms with Crippen molar-refractivity contribution in [1.82, 2.24) is 14.9 Å². The summed E-state index contributed by atoms with van der Waals surface area (Å²) in [7, 11) is 0. The van der Waals surface area contributed by atoms with Gasteiger partial charge in [0, 0.05) is 0 Å². The minimum absolute atomic E-state index is 0.314. The molecule has 0 saturated heterocycles. The summed E-state index contributed by atoms with van der Waals surface area (Å²) in [5, 5.41) is 4.03. The predicted octanol–water partition coefficient (Wildman–Crippen LogP) is 3.06. The minimum Gasteiger partial charge on any atom is -0.294 e. The van der Waals surface area contributed by atoms with Crippen LogP contribution in [-0.2, 0) is 5.54 Å². The van der Waals surface area contributed by atoms with Gasteiger partial charge < -0.3 is 0 Å². The monoisotopic (exact) mass is 300 g/mol. The minimum atomic E-state index is -0.727. The van der Waals surface area contributed by atoms with Crippen molar-refractivity contribution in [1.29, 1.82) is 0 Å². The molecule has 22 heavy (non-hydrogen) atoms. The van der Waals surface area contributed by atoms with Crippen molar-refractivity contribution in [2.24, 2.45) is 0 Å². The highest BCUT2D eigenvalue weighted by molar-refractivity contribution is 5.40. The van der Waals surface area contributed by atoms with Crippen LogP contribution in [0.4, 0.5) is 8.78 Å². The van der Waals surface area contributed by atoms with Crippen LogP contribution in [0, 0.1) is 11.6 Å². The number of halogens is 2. The second kappa shape index (κ2) is 5.55. The van der Waals surface area contributed by atoms with Gasteiger partial charge in [-0.05, 0) is 42.3 Å². The van der Waals surface area contributed by atoms with E-state index in [0.717, 1.165) is 11.1 Å². The first-order valence-corrected chi connectivity index (χ1v) is 6.73. The molecule has 0 fully saturated rings. The van der Waals surface area contributed by atoms with Crippen molar-refractivity contribution in [3.63, 3.8) is 0 Å². The molecular formula is C16H14F2N4. The second-order valence-electron chi connectivity index (χ2n) is 5.09. The van der Waals surface area contributed by atoms with Crippen molar-refractivity contribution in [3.05, 3.63) is 83.9 Å². The number of aromatic nitrogens is 3. The molecule has 0 atom stereocenters. The Morgan fingerprint density at radius 2 is 1.41 bits per heavy atom. The van der Waals surface area contributed by atoms with Gasteiger partial charge in [-0.15, -0.1) is 5.10 Å². The Balaban J connectivity index is 2.08. The Labute approximate surface area is 126 Å². The summed E-state index contributed by atoms with van der Waals surface area (Å²) < 4.78 is 26.4. The lowest BCUT2D eigenvalue weighted by Crippen LogP contribution is -2.39. The van der Waals surface area contributed by atoms with Gasteiger partial charge in [0.1, 0.15) is 29.8 Å². The van der Waals surface area contributed by atoms with Gasteiger partial charge in [-0.25, -0.2) is 13.8 Å². The van der Waals surface area contributed by atoms with E-state index in [2.05, 4.69) is 15.5 Å². The van der Waals surface area contributed by atoms with E-state index in [9.17, 15) is 8.78 Å². The number of nitrogens with zero attached hydrogens (tertiary/aromatic N) is 3. The zero-order chi connectivity index (χ0) is 15.6. The molecule has 1 aromatic heterocycles. The van der Waals surface area contributed by atoms with Gasteiger partial charge in [0.15, 0.2) is 0 Å². The molecule has 3 aromatic rings. The van der Waals surface area contributed by atoms with Gasteiger partial charge in [0.25, 0.3) is 0 Å². The second-order valence-corrected chi connectivity index (χ2v) is 5.09. The maximum Gasteiger partial charge on any atom is 0.139 e. The fourth-order valence-electron chi connectivity index (χ4n) is 2.36. The van der Waals surface area contributed by atoms with Crippen LogP contribution in [0.2, 0.25) is 0 Å². The number of nitrogens with one attached hydrogen (secondary N) is 1. The normalized spacial score (nSPS) is 11.4.